The third-order valence-electron chi connectivity index (χ3n) is 16.4. The van der Waals surface area contributed by atoms with Crippen LogP contribution >= 0.6 is 0 Å². The van der Waals surface area contributed by atoms with E-state index in [2.05, 4.69) is 278 Å². The lowest BCUT2D eigenvalue weighted by Crippen LogP contribution is -2.25. The molecule has 15 rings (SSSR count). The fourth-order valence-corrected chi connectivity index (χ4v) is 13.4. The number of rotatable bonds is 6. The van der Waals surface area contributed by atoms with E-state index in [1.165, 1.54) is 105 Å². The first kappa shape index (κ1) is 40.9. The van der Waals surface area contributed by atoms with Gasteiger partial charge in [0.25, 0.3) is 0 Å². The van der Waals surface area contributed by atoms with Crippen LogP contribution in [-0.4, -0.2) is 4.57 Å². The highest BCUT2D eigenvalue weighted by Gasteiger charge is 2.51. The summed E-state index contributed by atoms with van der Waals surface area (Å²) in [4.78, 5) is 2.52. The molecule has 1 spiro atoms. The lowest BCUT2D eigenvalue weighted by atomic mass is 9.70. The van der Waals surface area contributed by atoms with Gasteiger partial charge in [-0.3, -0.25) is 0 Å². The zero-order valence-electron chi connectivity index (χ0n) is 40.1. The van der Waals surface area contributed by atoms with E-state index in [0.717, 1.165) is 28.3 Å². The first-order chi connectivity index (χ1) is 35.5. The summed E-state index contributed by atoms with van der Waals surface area (Å²) in [5.41, 5.74) is 27.0. The molecule has 1 aromatic heterocycles. The lowest BCUT2D eigenvalue weighted by molar-refractivity contribution is 0.660. The van der Waals surface area contributed by atoms with Crippen LogP contribution in [0, 0.1) is 0 Å². The molecule has 3 aliphatic carbocycles. The highest BCUT2D eigenvalue weighted by atomic mass is 15.1. The Labute approximate surface area is 420 Å². The smallest absolute Gasteiger partial charge is 0.0725 e. The summed E-state index contributed by atoms with van der Waals surface area (Å²) in [6, 6.07) is 95.3. The van der Waals surface area contributed by atoms with Crippen molar-refractivity contribution < 1.29 is 0 Å². The SMILES string of the molecule is CC1(C)c2ccccc2-c2c(-c3ccccc3N(c3cccc(-c4ccc5c6ccccc6n(-c6ccccc6)c5c4)c3)c3ccc4c(c3)-c3ccccc3C43c4ccccc4-c4ccccc43)cccc21. The van der Waals surface area contributed by atoms with Gasteiger partial charge < -0.3 is 9.47 Å². The second-order valence-corrected chi connectivity index (χ2v) is 20.3. The Morgan fingerprint density at radius 3 is 1.60 bits per heavy atom. The summed E-state index contributed by atoms with van der Waals surface area (Å²) >= 11 is 0. The number of hydrogen-bond acceptors (Lipinski definition) is 1. The minimum absolute atomic E-state index is 0.126. The molecule has 0 fully saturated rings. The van der Waals surface area contributed by atoms with Gasteiger partial charge in [-0.1, -0.05) is 214 Å². The van der Waals surface area contributed by atoms with Gasteiger partial charge in [-0.25, -0.2) is 0 Å². The molecular weight excluding hydrogens is 869 g/mol. The van der Waals surface area contributed by atoms with Crippen molar-refractivity contribution in [3.63, 3.8) is 0 Å². The van der Waals surface area contributed by atoms with E-state index in [9.17, 15) is 0 Å². The molecule has 1 heterocycles. The minimum atomic E-state index is -0.425. The first-order valence-corrected chi connectivity index (χ1v) is 25.3. The average molecular weight is 917 g/mol. The van der Waals surface area contributed by atoms with Crippen molar-refractivity contribution in [2.75, 3.05) is 4.90 Å². The number of benzene rings is 11. The van der Waals surface area contributed by atoms with Crippen LogP contribution in [0.3, 0.4) is 0 Å². The van der Waals surface area contributed by atoms with Crippen LogP contribution in [0.15, 0.2) is 255 Å². The van der Waals surface area contributed by atoms with Gasteiger partial charge in [0.15, 0.2) is 0 Å². The predicted octanol–water partition coefficient (Wildman–Crippen LogP) is 18.2. The van der Waals surface area contributed by atoms with E-state index in [1.54, 1.807) is 0 Å². The van der Waals surface area contributed by atoms with Gasteiger partial charge in [0.2, 0.25) is 0 Å². The van der Waals surface area contributed by atoms with Crippen molar-refractivity contribution in [2.45, 2.75) is 24.7 Å². The molecule has 0 atom stereocenters. The van der Waals surface area contributed by atoms with E-state index in [-0.39, 0.29) is 5.41 Å². The van der Waals surface area contributed by atoms with Crippen LogP contribution in [0.5, 0.6) is 0 Å². The van der Waals surface area contributed by atoms with E-state index in [1.807, 2.05) is 0 Å². The van der Waals surface area contributed by atoms with E-state index < -0.39 is 5.41 Å². The molecule has 338 valence electrons. The topological polar surface area (TPSA) is 8.17 Å². The highest BCUT2D eigenvalue weighted by Crippen LogP contribution is 2.63. The normalized spacial score (nSPS) is 13.9. The highest BCUT2D eigenvalue weighted by molar-refractivity contribution is 6.10. The number of fused-ring (bicyclic) bond motifs is 16. The molecule has 0 saturated carbocycles. The molecule has 0 amide bonds. The summed E-state index contributed by atoms with van der Waals surface area (Å²) in [6.45, 7) is 4.75. The molecule has 0 saturated heterocycles. The van der Waals surface area contributed by atoms with Crippen LogP contribution in [0.2, 0.25) is 0 Å². The van der Waals surface area contributed by atoms with Gasteiger partial charge in [-0.15, -0.1) is 0 Å². The van der Waals surface area contributed by atoms with Gasteiger partial charge >= 0.3 is 0 Å². The van der Waals surface area contributed by atoms with Crippen LogP contribution in [-0.2, 0) is 10.8 Å². The van der Waals surface area contributed by atoms with Gasteiger partial charge in [-0.2, -0.15) is 0 Å². The van der Waals surface area contributed by atoms with Gasteiger partial charge in [0.1, 0.15) is 0 Å². The third-order valence-corrected chi connectivity index (χ3v) is 16.4. The quantitative estimate of drug-likeness (QED) is 0.161. The van der Waals surface area contributed by atoms with Crippen molar-refractivity contribution >= 4 is 38.9 Å². The van der Waals surface area contributed by atoms with Crippen molar-refractivity contribution in [3.8, 4) is 61.3 Å². The summed E-state index contributed by atoms with van der Waals surface area (Å²) in [5.74, 6) is 0. The maximum Gasteiger partial charge on any atom is 0.0725 e. The second kappa shape index (κ2) is 15.3. The predicted molar refractivity (Wildman–Crippen MR) is 300 cm³/mol. The van der Waals surface area contributed by atoms with Crippen LogP contribution in [0.25, 0.3) is 83.1 Å². The van der Waals surface area contributed by atoms with Crippen LogP contribution in [0.1, 0.15) is 47.2 Å². The van der Waals surface area contributed by atoms with Crippen LogP contribution < -0.4 is 4.90 Å². The largest absolute Gasteiger partial charge is 0.310 e. The molecule has 12 aromatic rings. The Bertz CT molecular complexity index is 4160. The summed E-state index contributed by atoms with van der Waals surface area (Å²) in [6.07, 6.45) is 0. The Hall–Kier alpha value is -8.98. The molecule has 11 aromatic carbocycles. The molecule has 72 heavy (non-hydrogen) atoms. The first-order valence-electron chi connectivity index (χ1n) is 25.3. The molecule has 2 heteroatoms. The van der Waals surface area contributed by atoms with Gasteiger partial charge in [0.05, 0.1) is 22.1 Å². The van der Waals surface area contributed by atoms with E-state index >= 15 is 0 Å². The maximum absolute atomic E-state index is 2.52. The standard InChI is InChI=1S/C70H48N2/c1-69(2)59-31-12-9-29-57(59)68-56(30-19-35-64(68)69)54-28-11-16-36-65(54)71(48-23-18-20-45(42-48)46-38-40-55-53-27-10-17-37-66(53)72(67(55)43-46)47-21-4-3-5-22-47)49-39-41-63-58(44-49)52-26-8-15-34-62(52)70(63)60-32-13-6-24-50(60)51-25-7-14-33-61(51)70/h3-44H,1-2H3. The Morgan fingerprint density at radius 2 is 0.847 bits per heavy atom. The summed E-state index contributed by atoms with van der Waals surface area (Å²) in [5, 5.41) is 2.50. The van der Waals surface area contributed by atoms with Crippen molar-refractivity contribution in [1.29, 1.82) is 0 Å². The number of anilines is 3. The molecular formula is C70H48N2. The lowest BCUT2D eigenvalue weighted by Gasteiger charge is -2.32. The molecule has 0 bridgehead atoms. The molecule has 0 aliphatic heterocycles. The van der Waals surface area contributed by atoms with E-state index in [4.69, 9.17) is 0 Å². The number of hydrogen-bond donors (Lipinski definition) is 0. The number of nitrogens with zero attached hydrogens (tertiary/aromatic N) is 2. The van der Waals surface area contributed by atoms with Crippen molar-refractivity contribution in [3.05, 3.63) is 288 Å². The van der Waals surface area contributed by atoms with Crippen molar-refractivity contribution in [2.24, 2.45) is 0 Å². The number of aromatic nitrogens is 1. The van der Waals surface area contributed by atoms with E-state index in [0.29, 0.717) is 0 Å². The summed E-state index contributed by atoms with van der Waals surface area (Å²) < 4.78 is 2.41. The maximum atomic E-state index is 2.52. The second-order valence-electron chi connectivity index (χ2n) is 20.3. The fourth-order valence-electron chi connectivity index (χ4n) is 13.4. The molecule has 2 nitrogen and oxygen atoms in total. The molecule has 0 N–H and O–H groups in total. The zero-order valence-corrected chi connectivity index (χ0v) is 40.1. The van der Waals surface area contributed by atoms with Crippen LogP contribution in [0.4, 0.5) is 17.1 Å². The monoisotopic (exact) mass is 916 g/mol. The molecule has 3 aliphatic rings. The zero-order chi connectivity index (χ0) is 47.7. The molecule has 0 radical (unpaired) electrons. The van der Waals surface area contributed by atoms with Gasteiger partial charge in [-0.05, 0) is 138 Å². The van der Waals surface area contributed by atoms with Gasteiger partial charge in [0, 0.05) is 38.8 Å². The Kier molecular flexibility index (Phi) is 8.66. The molecule has 0 unspecified atom stereocenters. The number of para-hydroxylation sites is 3. The third kappa shape index (κ3) is 5.55. The average Bonchev–Trinajstić information content (AvgIpc) is 4.11. The fraction of sp³-hybridized carbons (Fsp3) is 0.0571. The minimum Gasteiger partial charge on any atom is -0.310 e. The van der Waals surface area contributed by atoms with Crippen molar-refractivity contribution in [1.82, 2.24) is 4.57 Å². The Balaban J connectivity index is 0.967. The Morgan fingerprint density at radius 1 is 0.319 bits per heavy atom. The summed E-state index contributed by atoms with van der Waals surface area (Å²) in [7, 11) is 0.